The molecule has 0 unspecified atom stereocenters. The third-order valence-corrected chi connectivity index (χ3v) is 4.80. The molecular formula is C19H24N2O4. The number of nitrogens with one attached hydrogen (secondary N) is 1. The fourth-order valence-electron chi connectivity index (χ4n) is 3.47. The second-order valence-electron chi connectivity index (χ2n) is 6.43. The molecule has 0 saturated carbocycles. The van der Waals surface area contributed by atoms with Gasteiger partial charge in [0.25, 0.3) is 0 Å². The van der Waals surface area contributed by atoms with Crippen LogP contribution in [0.1, 0.15) is 18.4 Å². The summed E-state index contributed by atoms with van der Waals surface area (Å²) in [6.07, 6.45) is 3.47. The van der Waals surface area contributed by atoms with Gasteiger partial charge in [-0.15, -0.1) is 6.58 Å². The molecule has 25 heavy (non-hydrogen) atoms. The van der Waals surface area contributed by atoms with E-state index in [4.69, 9.17) is 9.47 Å². The maximum Gasteiger partial charge on any atom is 0.246 e. The maximum atomic E-state index is 12.8. The van der Waals surface area contributed by atoms with Crippen molar-refractivity contribution in [3.8, 4) is 5.75 Å². The molecule has 2 fully saturated rings. The molecule has 6 heteroatoms. The van der Waals surface area contributed by atoms with Crippen LogP contribution in [0.3, 0.4) is 0 Å². The molecule has 0 aliphatic carbocycles. The number of piperazine rings is 1. The summed E-state index contributed by atoms with van der Waals surface area (Å²) in [6.45, 7) is 4.66. The van der Waals surface area contributed by atoms with Crippen LogP contribution < -0.4 is 10.1 Å². The van der Waals surface area contributed by atoms with Gasteiger partial charge in [0.1, 0.15) is 17.8 Å². The molecule has 3 atom stereocenters. The summed E-state index contributed by atoms with van der Waals surface area (Å²) < 4.78 is 10.8. The molecule has 2 aliphatic rings. The van der Waals surface area contributed by atoms with E-state index in [9.17, 15) is 9.59 Å². The number of hydrogen-bond acceptors (Lipinski definition) is 4. The van der Waals surface area contributed by atoms with Crippen LogP contribution in [0.2, 0.25) is 0 Å². The lowest BCUT2D eigenvalue weighted by Gasteiger charge is -2.43. The van der Waals surface area contributed by atoms with Crippen molar-refractivity contribution in [2.75, 3.05) is 20.3 Å². The van der Waals surface area contributed by atoms with E-state index in [1.165, 1.54) is 0 Å². The number of hydrogen-bond donors (Lipinski definition) is 1. The van der Waals surface area contributed by atoms with Gasteiger partial charge < -0.3 is 19.7 Å². The van der Waals surface area contributed by atoms with Gasteiger partial charge in [0.05, 0.1) is 19.8 Å². The van der Waals surface area contributed by atoms with Gasteiger partial charge in [-0.2, -0.15) is 0 Å². The zero-order chi connectivity index (χ0) is 17.8. The van der Waals surface area contributed by atoms with Crippen molar-refractivity contribution in [3.63, 3.8) is 0 Å². The molecule has 6 nitrogen and oxygen atoms in total. The van der Waals surface area contributed by atoms with Crippen molar-refractivity contribution in [2.45, 2.75) is 37.5 Å². The average molecular weight is 344 g/mol. The van der Waals surface area contributed by atoms with E-state index in [0.717, 1.165) is 17.7 Å². The van der Waals surface area contributed by atoms with Crippen molar-refractivity contribution in [3.05, 3.63) is 42.5 Å². The molecule has 2 amide bonds. The second-order valence-corrected chi connectivity index (χ2v) is 6.43. The Morgan fingerprint density at radius 3 is 2.76 bits per heavy atom. The Morgan fingerprint density at radius 1 is 1.32 bits per heavy atom. The van der Waals surface area contributed by atoms with Crippen LogP contribution in [-0.4, -0.2) is 55.2 Å². The molecule has 0 spiro atoms. The Balaban J connectivity index is 1.65. The zero-order valence-electron chi connectivity index (χ0n) is 14.4. The van der Waals surface area contributed by atoms with Gasteiger partial charge in [0.2, 0.25) is 11.8 Å². The summed E-state index contributed by atoms with van der Waals surface area (Å²) in [7, 11) is 1.61. The van der Waals surface area contributed by atoms with E-state index in [-0.39, 0.29) is 17.9 Å². The molecule has 0 aromatic heterocycles. The SMILES string of the molecule is C=CCO[C@@H]1CCN2C(=O)[C@@H](Cc3ccc(OC)cc3)NC(=O)[C@@H]2C1. The lowest BCUT2D eigenvalue weighted by atomic mass is 9.93. The number of benzene rings is 1. The van der Waals surface area contributed by atoms with Crippen LogP contribution in [0.15, 0.2) is 36.9 Å². The Labute approximate surface area is 147 Å². The number of ether oxygens (including phenoxy) is 2. The minimum Gasteiger partial charge on any atom is -0.497 e. The van der Waals surface area contributed by atoms with Crippen LogP contribution in [0.4, 0.5) is 0 Å². The van der Waals surface area contributed by atoms with E-state index >= 15 is 0 Å². The summed E-state index contributed by atoms with van der Waals surface area (Å²) in [5.74, 6) is 0.664. The summed E-state index contributed by atoms with van der Waals surface area (Å²) in [5.41, 5.74) is 0.988. The molecule has 2 aliphatic heterocycles. The fourth-order valence-corrected chi connectivity index (χ4v) is 3.47. The van der Waals surface area contributed by atoms with E-state index < -0.39 is 12.1 Å². The smallest absolute Gasteiger partial charge is 0.246 e. The molecule has 0 radical (unpaired) electrons. The molecule has 1 N–H and O–H groups in total. The van der Waals surface area contributed by atoms with Crippen molar-refractivity contribution >= 4 is 11.8 Å². The van der Waals surface area contributed by atoms with Gasteiger partial charge in [0.15, 0.2) is 0 Å². The first kappa shape index (κ1) is 17.5. The maximum absolute atomic E-state index is 12.8. The van der Waals surface area contributed by atoms with Gasteiger partial charge in [-0.1, -0.05) is 18.2 Å². The van der Waals surface area contributed by atoms with E-state index in [1.807, 2.05) is 24.3 Å². The van der Waals surface area contributed by atoms with Crippen LogP contribution in [-0.2, 0) is 20.7 Å². The number of fused-ring (bicyclic) bond motifs is 1. The summed E-state index contributed by atoms with van der Waals surface area (Å²) >= 11 is 0. The van der Waals surface area contributed by atoms with Gasteiger partial charge in [-0.25, -0.2) is 0 Å². The summed E-state index contributed by atoms with van der Waals surface area (Å²) in [4.78, 5) is 27.0. The predicted molar refractivity (Wildman–Crippen MR) is 93.3 cm³/mol. The van der Waals surface area contributed by atoms with Gasteiger partial charge >= 0.3 is 0 Å². The Morgan fingerprint density at radius 2 is 2.08 bits per heavy atom. The van der Waals surface area contributed by atoms with Gasteiger partial charge in [0, 0.05) is 19.4 Å². The molecule has 1 aromatic carbocycles. The zero-order valence-corrected chi connectivity index (χ0v) is 14.4. The highest BCUT2D eigenvalue weighted by Gasteiger charge is 2.43. The number of carbonyl (C=O) groups is 2. The van der Waals surface area contributed by atoms with Crippen molar-refractivity contribution in [2.24, 2.45) is 0 Å². The third kappa shape index (κ3) is 3.85. The number of nitrogens with zero attached hydrogens (tertiary/aromatic N) is 1. The van der Waals surface area contributed by atoms with E-state index in [2.05, 4.69) is 11.9 Å². The van der Waals surface area contributed by atoms with Crippen LogP contribution in [0, 0.1) is 0 Å². The van der Waals surface area contributed by atoms with Crippen molar-refractivity contribution < 1.29 is 19.1 Å². The minimum atomic E-state index is -0.511. The molecule has 0 bridgehead atoms. The lowest BCUT2D eigenvalue weighted by Crippen LogP contribution is -2.66. The number of piperidine rings is 1. The van der Waals surface area contributed by atoms with Gasteiger partial charge in [-0.3, -0.25) is 9.59 Å². The topological polar surface area (TPSA) is 67.9 Å². The molecule has 1 aromatic rings. The van der Waals surface area contributed by atoms with Crippen molar-refractivity contribution in [1.82, 2.24) is 10.2 Å². The monoisotopic (exact) mass is 344 g/mol. The first-order valence-corrected chi connectivity index (χ1v) is 8.58. The fraction of sp³-hybridized carbons (Fsp3) is 0.474. The Hall–Kier alpha value is -2.34. The second kappa shape index (κ2) is 7.70. The van der Waals surface area contributed by atoms with Crippen LogP contribution >= 0.6 is 0 Å². The third-order valence-electron chi connectivity index (χ3n) is 4.80. The standard InChI is InChI=1S/C19H24N2O4/c1-3-10-25-15-8-9-21-17(12-15)18(22)20-16(19(21)23)11-13-4-6-14(24-2)7-5-13/h3-7,15-17H,1,8-12H2,2H3,(H,20,22)/t15-,16-,17+/m1/s1. The molecule has 2 saturated heterocycles. The highest BCUT2D eigenvalue weighted by Crippen LogP contribution is 2.25. The number of amides is 2. The van der Waals surface area contributed by atoms with Gasteiger partial charge in [-0.05, 0) is 24.1 Å². The summed E-state index contributed by atoms with van der Waals surface area (Å²) in [6, 6.07) is 6.61. The summed E-state index contributed by atoms with van der Waals surface area (Å²) in [5, 5.41) is 2.88. The molecule has 134 valence electrons. The number of carbonyl (C=O) groups excluding carboxylic acids is 2. The molecular weight excluding hydrogens is 320 g/mol. The van der Waals surface area contributed by atoms with Crippen molar-refractivity contribution in [1.29, 1.82) is 0 Å². The minimum absolute atomic E-state index is 0.00376. The predicted octanol–water partition coefficient (Wildman–Crippen LogP) is 1.30. The normalized spacial score (nSPS) is 26.0. The molecule has 2 heterocycles. The quantitative estimate of drug-likeness (QED) is 0.790. The lowest BCUT2D eigenvalue weighted by molar-refractivity contribution is -0.154. The largest absolute Gasteiger partial charge is 0.497 e. The Bertz CT molecular complexity index is 643. The van der Waals surface area contributed by atoms with E-state index in [0.29, 0.717) is 26.0 Å². The highest BCUT2D eigenvalue weighted by atomic mass is 16.5. The molecule has 3 rings (SSSR count). The first-order chi connectivity index (χ1) is 12.1. The Kier molecular flexibility index (Phi) is 5.38. The van der Waals surface area contributed by atoms with E-state index in [1.54, 1.807) is 18.1 Å². The number of rotatable bonds is 6. The first-order valence-electron chi connectivity index (χ1n) is 8.58. The van der Waals surface area contributed by atoms with Crippen LogP contribution in [0.25, 0.3) is 0 Å². The number of methoxy groups -OCH3 is 1. The van der Waals surface area contributed by atoms with Crippen LogP contribution in [0.5, 0.6) is 5.75 Å². The average Bonchev–Trinajstić information content (AvgIpc) is 2.64. The highest BCUT2D eigenvalue weighted by molar-refractivity contribution is 5.97.